The number of aromatic nitrogens is 3. The largest absolute Gasteiger partial charge is 0.356 e. The third-order valence-electron chi connectivity index (χ3n) is 5.89. The van der Waals surface area contributed by atoms with Gasteiger partial charge in [-0.05, 0) is 38.2 Å². The molecule has 5 rings (SSSR count). The minimum Gasteiger partial charge on any atom is -0.356 e. The van der Waals surface area contributed by atoms with Crippen LogP contribution in [-0.4, -0.2) is 39.5 Å². The second-order valence-corrected chi connectivity index (χ2v) is 7.97. The Bertz CT molecular complexity index is 780. The van der Waals surface area contributed by atoms with Crippen molar-refractivity contribution in [3.63, 3.8) is 0 Å². The van der Waals surface area contributed by atoms with Crippen LogP contribution in [-0.2, 0) is 19.5 Å². The van der Waals surface area contributed by atoms with Crippen molar-refractivity contribution in [2.75, 3.05) is 24.5 Å². The highest BCUT2D eigenvalue weighted by atomic mass is 15.2. The Morgan fingerprint density at radius 3 is 2.77 bits per heavy atom. The quantitative estimate of drug-likeness (QED) is 0.847. The van der Waals surface area contributed by atoms with Crippen molar-refractivity contribution in [1.29, 1.82) is 0 Å². The van der Waals surface area contributed by atoms with Gasteiger partial charge in [-0.3, -0.25) is 4.90 Å². The molecule has 136 valence electrons. The van der Waals surface area contributed by atoms with Crippen LogP contribution in [0.3, 0.4) is 0 Å². The Hall–Kier alpha value is -2.01. The molecule has 0 amide bonds. The number of pyridine rings is 1. The van der Waals surface area contributed by atoms with E-state index in [4.69, 9.17) is 9.97 Å². The van der Waals surface area contributed by atoms with Crippen LogP contribution in [0.5, 0.6) is 0 Å². The van der Waals surface area contributed by atoms with Crippen molar-refractivity contribution >= 4 is 5.82 Å². The fraction of sp³-hybridized carbons (Fsp3) is 0.571. The van der Waals surface area contributed by atoms with Gasteiger partial charge in [-0.15, -0.1) is 0 Å². The lowest BCUT2D eigenvalue weighted by Crippen LogP contribution is -2.34. The van der Waals surface area contributed by atoms with Gasteiger partial charge in [0, 0.05) is 74.3 Å². The molecule has 1 aliphatic carbocycles. The molecule has 0 radical (unpaired) electrons. The number of hydrogen-bond acceptors (Lipinski definition) is 5. The maximum Gasteiger partial charge on any atom is 0.133 e. The van der Waals surface area contributed by atoms with E-state index in [-0.39, 0.29) is 0 Å². The molecule has 2 aromatic heterocycles. The third kappa shape index (κ3) is 3.32. The third-order valence-corrected chi connectivity index (χ3v) is 5.89. The van der Waals surface area contributed by atoms with Crippen molar-refractivity contribution < 1.29 is 0 Å². The van der Waals surface area contributed by atoms with Crippen LogP contribution in [0.25, 0.3) is 0 Å². The van der Waals surface area contributed by atoms with Crippen molar-refractivity contribution in [1.82, 2.24) is 19.9 Å². The second kappa shape index (κ2) is 6.95. The summed E-state index contributed by atoms with van der Waals surface area (Å²) >= 11 is 0. The van der Waals surface area contributed by atoms with E-state index < -0.39 is 0 Å². The van der Waals surface area contributed by atoms with Crippen LogP contribution in [0.1, 0.15) is 60.7 Å². The van der Waals surface area contributed by atoms with Gasteiger partial charge in [-0.1, -0.05) is 6.07 Å². The van der Waals surface area contributed by atoms with Gasteiger partial charge in [0.15, 0.2) is 0 Å². The lowest BCUT2D eigenvalue weighted by atomic mass is 10.1. The highest BCUT2D eigenvalue weighted by Gasteiger charge is 2.28. The Balaban J connectivity index is 1.31. The zero-order valence-electron chi connectivity index (χ0n) is 15.4. The maximum atomic E-state index is 4.85. The number of rotatable bonds is 4. The van der Waals surface area contributed by atoms with E-state index in [1.165, 1.54) is 54.7 Å². The zero-order valence-corrected chi connectivity index (χ0v) is 15.4. The summed E-state index contributed by atoms with van der Waals surface area (Å²) in [5.41, 5.74) is 3.94. The smallest absolute Gasteiger partial charge is 0.133 e. The van der Waals surface area contributed by atoms with Gasteiger partial charge in [-0.25, -0.2) is 15.0 Å². The van der Waals surface area contributed by atoms with Crippen molar-refractivity contribution in [2.24, 2.45) is 0 Å². The highest BCUT2D eigenvalue weighted by Crippen LogP contribution is 2.38. The lowest BCUT2D eigenvalue weighted by molar-refractivity contribution is 0.242. The van der Waals surface area contributed by atoms with E-state index >= 15 is 0 Å². The maximum absolute atomic E-state index is 4.85. The second-order valence-electron chi connectivity index (χ2n) is 7.97. The number of piperidine rings is 1. The predicted octanol–water partition coefficient (Wildman–Crippen LogP) is 3.30. The van der Waals surface area contributed by atoms with Gasteiger partial charge in [0.1, 0.15) is 11.6 Å². The molecule has 4 heterocycles. The first-order chi connectivity index (χ1) is 12.9. The molecule has 26 heavy (non-hydrogen) atoms. The Labute approximate surface area is 155 Å². The Kier molecular flexibility index (Phi) is 4.33. The number of hydrogen-bond donors (Lipinski definition) is 0. The van der Waals surface area contributed by atoms with Gasteiger partial charge in [-0.2, -0.15) is 0 Å². The molecule has 5 heteroatoms. The molecule has 3 aliphatic rings. The standard InChI is InChI=1S/C21H27N5/c1-2-10-26(11-3-1)21-17(5-4-9-22-21)14-25-12-8-19-18(15-25)13-23-20(24-19)16-6-7-16/h4-5,9,13,16H,1-3,6-8,10-12,14-15H2. The number of fused-ring (bicyclic) bond motifs is 1. The molecule has 0 bridgehead atoms. The SMILES string of the molecule is c1cnc(N2CCCCC2)c(CN2CCc3nc(C4CC4)ncc3C2)c1. The summed E-state index contributed by atoms with van der Waals surface area (Å²) in [6.07, 6.45) is 11.5. The molecule has 2 fully saturated rings. The molecule has 0 aromatic carbocycles. The number of anilines is 1. The molecule has 5 nitrogen and oxygen atoms in total. The van der Waals surface area contributed by atoms with E-state index in [0.717, 1.165) is 45.0 Å². The van der Waals surface area contributed by atoms with Crippen molar-refractivity contribution in [3.05, 3.63) is 47.2 Å². The highest BCUT2D eigenvalue weighted by molar-refractivity contribution is 5.47. The monoisotopic (exact) mass is 349 g/mol. The molecule has 1 saturated carbocycles. The Morgan fingerprint density at radius 1 is 1.04 bits per heavy atom. The van der Waals surface area contributed by atoms with Crippen molar-refractivity contribution in [3.8, 4) is 0 Å². The van der Waals surface area contributed by atoms with E-state index in [9.17, 15) is 0 Å². The van der Waals surface area contributed by atoms with Gasteiger partial charge < -0.3 is 4.90 Å². The minimum atomic E-state index is 0.640. The van der Waals surface area contributed by atoms with Gasteiger partial charge in [0.05, 0.1) is 0 Å². The summed E-state index contributed by atoms with van der Waals surface area (Å²) in [6, 6.07) is 4.32. The molecule has 2 aliphatic heterocycles. The van der Waals surface area contributed by atoms with Gasteiger partial charge in [0.25, 0.3) is 0 Å². The molecule has 0 atom stereocenters. The fourth-order valence-electron chi connectivity index (χ4n) is 4.25. The summed E-state index contributed by atoms with van der Waals surface area (Å²) in [5, 5.41) is 0. The average Bonchev–Trinajstić information content (AvgIpc) is 3.54. The van der Waals surface area contributed by atoms with E-state index in [2.05, 4.69) is 33.1 Å². The molecular weight excluding hydrogens is 322 g/mol. The predicted molar refractivity (Wildman–Crippen MR) is 102 cm³/mol. The van der Waals surface area contributed by atoms with Gasteiger partial charge >= 0.3 is 0 Å². The van der Waals surface area contributed by atoms with Crippen LogP contribution in [0.15, 0.2) is 24.5 Å². The van der Waals surface area contributed by atoms with Crippen LogP contribution in [0.2, 0.25) is 0 Å². The number of nitrogens with zero attached hydrogens (tertiary/aromatic N) is 5. The lowest BCUT2D eigenvalue weighted by Gasteiger charge is -2.32. The van der Waals surface area contributed by atoms with E-state index in [0.29, 0.717) is 5.92 Å². The average molecular weight is 349 g/mol. The molecular formula is C21H27N5. The normalized spacial score (nSPS) is 20.8. The van der Waals surface area contributed by atoms with Crippen LogP contribution >= 0.6 is 0 Å². The first-order valence-electron chi connectivity index (χ1n) is 10.1. The van der Waals surface area contributed by atoms with E-state index in [1.807, 2.05) is 6.20 Å². The van der Waals surface area contributed by atoms with Crippen LogP contribution in [0.4, 0.5) is 5.82 Å². The summed E-state index contributed by atoms with van der Waals surface area (Å²) in [5.74, 6) is 2.91. The first-order valence-corrected chi connectivity index (χ1v) is 10.1. The minimum absolute atomic E-state index is 0.640. The topological polar surface area (TPSA) is 45.2 Å². The van der Waals surface area contributed by atoms with Crippen molar-refractivity contribution in [2.45, 2.75) is 57.5 Å². The molecule has 0 unspecified atom stereocenters. The van der Waals surface area contributed by atoms with E-state index in [1.54, 1.807) is 0 Å². The summed E-state index contributed by atoms with van der Waals surface area (Å²) < 4.78 is 0. The van der Waals surface area contributed by atoms with Crippen LogP contribution in [0, 0.1) is 0 Å². The summed E-state index contributed by atoms with van der Waals surface area (Å²) in [4.78, 5) is 19.2. The molecule has 0 N–H and O–H groups in total. The van der Waals surface area contributed by atoms with Gasteiger partial charge in [0.2, 0.25) is 0 Å². The van der Waals surface area contributed by atoms with Crippen LogP contribution < -0.4 is 4.90 Å². The first kappa shape index (κ1) is 16.2. The summed E-state index contributed by atoms with van der Waals surface area (Å²) in [6.45, 7) is 5.27. The molecule has 1 saturated heterocycles. The molecule has 0 spiro atoms. The summed E-state index contributed by atoms with van der Waals surface area (Å²) in [7, 11) is 0. The fourth-order valence-corrected chi connectivity index (χ4v) is 4.25. The zero-order chi connectivity index (χ0) is 17.3. The molecule has 2 aromatic rings. The Morgan fingerprint density at radius 2 is 1.92 bits per heavy atom.